The average Bonchev–Trinajstić information content (AvgIpc) is 3.39. The summed E-state index contributed by atoms with van der Waals surface area (Å²) in [5.41, 5.74) is 1.50. The van der Waals surface area contributed by atoms with Crippen molar-refractivity contribution in [2.75, 3.05) is 11.2 Å². The number of halogens is 3. The number of aromatic nitrogens is 1. The molecule has 4 atom stereocenters. The van der Waals surface area contributed by atoms with Crippen molar-refractivity contribution in [3.63, 3.8) is 0 Å². The smallest absolute Gasteiger partial charge is 0.433 e. The van der Waals surface area contributed by atoms with Gasteiger partial charge in [-0.05, 0) is 60.2 Å². The second kappa shape index (κ2) is 8.58. The first kappa shape index (κ1) is 23.2. The molecule has 0 aliphatic heterocycles. The van der Waals surface area contributed by atoms with E-state index in [1.54, 1.807) is 12.1 Å². The van der Waals surface area contributed by atoms with Crippen molar-refractivity contribution in [2.24, 2.45) is 5.92 Å². The zero-order chi connectivity index (χ0) is 23.0. The van der Waals surface area contributed by atoms with Crippen LogP contribution >= 0.6 is 0 Å². The van der Waals surface area contributed by atoms with E-state index in [-0.39, 0.29) is 23.7 Å². The summed E-state index contributed by atoms with van der Waals surface area (Å²) in [6.45, 7) is 5.52. The summed E-state index contributed by atoms with van der Waals surface area (Å²) < 4.78 is 59.5. The Morgan fingerprint density at radius 2 is 2.06 bits per heavy atom. The van der Waals surface area contributed by atoms with E-state index in [1.165, 1.54) is 12.3 Å². The maximum atomic E-state index is 12.7. The largest absolute Gasteiger partial charge is 0.771 e. The van der Waals surface area contributed by atoms with Crippen molar-refractivity contribution in [1.29, 1.82) is 0 Å². The van der Waals surface area contributed by atoms with Gasteiger partial charge < -0.3 is 15.2 Å². The van der Waals surface area contributed by atoms with Gasteiger partial charge in [-0.15, -0.1) is 0 Å². The van der Waals surface area contributed by atoms with E-state index >= 15 is 0 Å². The van der Waals surface area contributed by atoms with Gasteiger partial charge in [0.2, 0.25) is 5.91 Å². The molecule has 3 rings (SSSR count). The highest BCUT2D eigenvalue weighted by atomic mass is 32.2. The van der Waals surface area contributed by atoms with E-state index in [2.05, 4.69) is 15.6 Å². The summed E-state index contributed by atoms with van der Waals surface area (Å²) in [5, 5.41) is 5.77. The first-order chi connectivity index (χ1) is 14.4. The summed E-state index contributed by atoms with van der Waals surface area (Å²) in [5.74, 6) is -0.704. The second-order valence-corrected chi connectivity index (χ2v) is 8.93. The molecule has 1 fully saturated rings. The maximum Gasteiger partial charge on any atom is 0.433 e. The van der Waals surface area contributed by atoms with Gasteiger partial charge in [-0.3, -0.25) is 14.0 Å². The SMILES string of the molecule is Cc1cc([C@@H](C)NC(=O)C2CC2(C)c2ccc(C(F)(F)F)nc2)ccc1NCS(=O)[O-]. The van der Waals surface area contributed by atoms with Crippen LogP contribution in [0.3, 0.4) is 0 Å². The van der Waals surface area contributed by atoms with Gasteiger partial charge in [-0.2, -0.15) is 13.2 Å². The lowest BCUT2D eigenvalue weighted by atomic mass is 9.96. The Labute approximate surface area is 180 Å². The highest BCUT2D eigenvalue weighted by Crippen LogP contribution is 2.54. The number of anilines is 1. The number of hydrogen-bond donors (Lipinski definition) is 2. The molecule has 6 nitrogen and oxygen atoms in total. The number of hydrogen-bond acceptors (Lipinski definition) is 5. The van der Waals surface area contributed by atoms with Gasteiger partial charge in [0.25, 0.3) is 0 Å². The lowest BCUT2D eigenvalue weighted by molar-refractivity contribution is -0.141. The molecule has 0 radical (unpaired) electrons. The zero-order valence-corrected chi connectivity index (χ0v) is 18.1. The minimum absolute atomic E-state index is 0.170. The van der Waals surface area contributed by atoms with E-state index in [0.29, 0.717) is 17.7 Å². The molecule has 2 aromatic rings. The van der Waals surface area contributed by atoms with Gasteiger partial charge in [0.05, 0.1) is 11.9 Å². The lowest BCUT2D eigenvalue weighted by Gasteiger charge is -2.18. The normalized spacial score (nSPS) is 22.5. The summed E-state index contributed by atoms with van der Waals surface area (Å²) in [7, 11) is 0. The third-order valence-corrected chi connectivity index (χ3v) is 6.14. The van der Waals surface area contributed by atoms with Gasteiger partial charge in [-0.25, -0.2) is 0 Å². The third kappa shape index (κ3) is 5.24. The number of nitrogens with zero attached hydrogens (tertiary/aromatic N) is 1. The molecule has 3 unspecified atom stereocenters. The van der Waals surface area contributed by atoms with Crippen molar-refractivity contribution >= 4 is 22.7 Å². The van der Waals surface area contributed by atoms with Crippen LogP contribution in [0.15, 0.2) is 36.5 Å². The Kier molecular flexibility index (Phi) is 6.43. The van der Waals surface area contributed by atoms with Crippen LogP contribution in [-0.4, -0.2) is 25.5 Å². The number of carbonyl (C=O) groups is 1. The molecule has 0 bridgehead atoms. The molecule has 168 valence electrons. The predicted molar refractivity (Wildman–Crippen MR) is 110 cm³/mol. The molecule has 31 heavy (non-hydrogen) atoms. The molecule has 10 heteroatoms. The fourth-order valence-electron chi connectivity index (χ4n) is 3.65. The standard InChI is InChI=1S/C21H24F3N3O3S/c1-12-8-14(4-6-17(12)26-11-31(29)30)13(2)27-19(28)16-9-20(16,3)15-5-7-18(25-10-15)21(22,23)24/h4-8,10,13,16,26H,9,11H2,1-3H3,(H,27,28)(H,29,30)/p-1/t13-,16?,20?/m1/s1. The summed E-state index contributed by atoms with van der Waals surface area (Å²) in [4.78, 5) is 16.2. The molecule has 0 spiro atoms. The monoisotopic (exact) mass is 454 g/mol. The van der Waals surface area contributed by atoms with Crippen molar-refractivity contribution in [1.82, 2.24) is 10.3 Å². The van der Waals surface area contributed by atoms with Gasteiger partial charge in [-0.1, -0.05) is 25.1 Å². The molecule has 1 aromatic carbocycles. The fourth-order valence-corrected chi connectivity index (χ4v) is 3.93. The maximum absolute atomic E-state index is 12.7. The minimum Gasteiger partial charge on any atom is -0.771 e. The third-order valence-electron chi connectivity index (χ3n) is 5.76. The number of pyridine rings is 1. The highest BCUT2D eigenvalue weighted by molar-refractivity contribution is 7.79. The average molecular weight is 454 g/mol. The van der Waals surface area contributed by atoms with Crippen molar-refractivity contribution in [3.8, 4) is 0 Å². The quantitative estimate of drug-likeness (QED) is 0.621. The molecule has 2 N–H and O–H groups in total. The Bertz CT molecular complexity index is 998. The second-order valence-electron chi connectivity index (χ2n) is 8.03. The first-order valence-corrected chi connectivity index (χ1v) is 10.9. The van der Waals surface area contributed by atoms with Crippen LogP contribution in [0, 0.1) is 12.8 Å². The number of rotatable bonds is 7. The Hall–Kier alpha value is -2.46. The van der Waals surface area contributed by atoms with E-state index in [9.17, 15) is 26.7 Å². The number of aryl methyl sites for hydroxylation is 1. The Morgan fingerprint density at radius 3 is 2.61 bits per heavy atom. The van der Waals surface area contributed by atoms with Crippen molar-refractivity contribution in [2.45, 2.75) is 44.8 Å². The first-order valence-electron chi connectivity index (χ1n) is 9.66. The Balaban J connectivity index is 1.63. The van der Waals surface area contributed by atoms with E-state index in [0.717, 1.165) is 17.2 Å². The number of alkyl halides is 3. The number of amides is 1. The summed E-state index contributed by atoms with van der Waals surface area (Å²) in [6.07, 6.45) is -2.76. The highest BCUT2D eigenvalue weighted by Gasteiger charge is 2.56. The van der Waals surface area contributed by atoms with Gasteiger partial charge in [0.1, 0.15) is 5.69 Å². The van der Waals surface area contributed by atoms with Crippen LogP contribution in [0.2, 0.25) is 0 Å². The molecule has 1 saturated carbocycles. The molecular weight excluding hydrogens is 431 g/mol. The molecule has 1 aromatic heterocycles. The van der Waals surface area contributed by atoms with Gasteiger partial charge in [0, 0.05) is 23.2 Å². The molecule has 1 heterocycles. The van der Waals surface area contributed by atoms with Crippen molar-refractivity contribution < 1.29 is 26.7 Å². The van der Waals surface area contributed by atoms with Crippen LogP contribution in [0.25, 0.3) is 0 Å². The predicted octanol–water partition coefficient (Wildman–Crippen LogP) is 3.81. The van der Waals surface area contributed by atoms with Crippen LogP contribution in [-0.2, 0) is 27.5 Å². The molecule has 1 aliphatic rings. The Morgan fingerprint density at radius 1 is 1.35 bits per heavy atom. The van der Waals surface area contributed by atoms with Crippen LogP contribution < -0.4 is 10.6 Å². The van der Waals surface area contributed by atoms with E-state index in [4.69, 9.17) is 0 Å². The minimum atomic E-state index is -4.50. The summed E-state index contributed by atoms with van der Waals surface area (Å²) in [6, 6.07) is 7.47. The fraction of sp³-hybridized carbons (Fsp3) is 0.429. The lowest BCUT2D eigenvalue weighted by Crippen LogP contribution is -2.30. The zero-order valence-electron chi connectivity index (χ0n) is 17.2. The summed E-state index contributed by atoms with van der Waals surface area (Å²) >= 11 is -2.20. The topological polar surface area (TPSA) is 94.2 Å². The van der Waals surface area contributed by atoms with Crippen molar-refractivity contribution in [3.05, 3.63) is 58.9 Å². The molecule has 1 aliphatic carbocycles. The van der Waals surface area contributed by atoms with Crippen LogP contribution in [0.5, 0.6) is 0 Å². The van der Waals surface area contributed by atoms with Crippen LogP contribution in [0.1, 0.15) is 48.7 Å². The van der Waals surface area contributed by atoms with E-state index < -0.39 is 28.4 Å². The molecular formula is C21H23F3N3O3S-. The van der Waals surface area contributed by atoms with Gasteiger partial charge in [0.15, 0.2) is 0 Å². The van der Waals surface area contributed by atoms with E-state index in [1.807, 2.05) is 26.8 Å². The molecule has 0 saturated heterocycles. The number of benzene rings is 1. The van der Waals surface area contributed by atoms with Crippen LogP contribution in [0.4, 0.5) is 18.9 Å². The molecule has 1 amide bonds. The van der Waals surface area contributed by atoms with Gasteiger partial charge >= 0.3 is 6.18 Å². The number of nitrogens with one attached hydrogen (secondary N) is 2. The number of carbonyl (C=O) groups excluding carboxylic acids is 1.